The molecule has 0 radical (unpaired) electrons. The van der Waals surface area contributed by atoms with Gasteiger partial charge in [0, 0.05) is 38.9 Å². The summed E-state index contributed by atoms with van der Waals surface area (Å²) in [6, 6.07) is 37.1. The predicted octanol–water partition coefficient (Wildman–Crippen LogP) is 13.5. The highest BCUT2D eigenvalue weighted by Crippen LogP contribution is 2.46. The Morgan fingerprint density at radius 2 is 1.25 bits per heavy atom. The SMILES string of the molecule is Cc1cc(-c2ccc(C(C)(C)C)c3c2oc2c(-n4c5ccc(C(C)(C)C)cc5c5cc(C(C)(C)C)ccc54)c(C#N)ccc23)ncc1-c1ccccc1. The number of pyridine rings is 1. The molecular weight excluding hydrogens is 647 g/mol. The van der Waals surface area contributed by atoms with Crippen LogP contribution < -0.4 is 0 Å². The molecular formula is C49H47N3O. The van der Waals surface area contributed by atoms with E-state index in [0.29, 0.717) is 11.1 Å². The number of fused-ring (bicyclic) bond motifs is 6. The molecule has 264 valence electrons. The lowest BCUT2D eigenvalue weighted by Crippen LogP contribution is -2.11. The second-order valence-electron chi connectivity index (χ2n) is 17.7. The van der Waals surface area contributed by atoms with Crippen LogP contribution in [0, 0.1) is 18.3 Å². The molecule has 53 heavy (non-hydrogen) atoms. The first-order valence-corrected chi connectivity index (χ1v) is 18.6. The van der Waals surface area contributed by atoms with E-state index >= 15 is 0 Å². The van der Waals surface area contributed by atoms with E-state index in [1.165, 1.54) is 27.5 Å². The Hall–Kier alpha value is -5.66. The van der Waals surface area contributed by atoms with Crippen LogP contribution in [-0.4, -0.2) is 9.55 Å². The predicted molar refractivity (Wildman–Crippen MR) is 222 cm³/mol. The fourth-order valence-corrected chi connectivity index (χ4v) is 7.89. The second-order valence-corrected chi connectivity index (χ2v) is 17.7. The first-order chi connectivity index (χ1) is 25.1. The molecule has 0 amide bonds. The molecule has 4 heteroatoms. The third kappa shape index (κ3) is 5.62. The van der Waals surface area contributed by atoms with Crippen LogP contribution in [0.4, 0.5) is 0 Å². The van der Waals surface area contributed by atoms with E-state index in [4.69, 9.17) is 9.40 Å². The fourth-order valence-electron chi connectivity index (χ4n) is 7.89. The lowest BCUT2D eigenvalue weighted by molar-refractivity contribution is 0.590. The summed E-state index contributed by atoms with van der Waals surface area (Å²) < 4.78 is 9.43. The number of hydrogen-bond donors (Lipinski definition) is 0. The molecule has 3 aromatic heterocycles. The minimum absolute atomic E-state index is 0.0216. The zero-order valence-corrected chi connectivity index (χ0v) is 32.6. The highest BCUT2D eigenvalue weighted by atomic mass is 16.3. The largest absolute Gasteiger partial charge is 0.453 e. The molecule has 0 spiro atoms. The van der Waals surface area contributed by atoms with Crippen molar-refractivity contribution in [2.24, 2.45) is 0 Å². The number of aryl methyl sites for hydroxylation is 1. The maximum atomic E-state index is 10.7. The Kier molecular flexibility index (Phi) is 7.75. The van der Waals surface area contributed by atoms with Crippen molar-refractivity contribution in [2.45, 2.75) is 85.5 Å². The number of hydrogen-bond acceptors (Lipinski definition) is 3. The molecule has 0 aliphatic heterocycles. The Morgan fingerprint density at radius 1 is 0.623 bits per heavy atom. The average Bonchev–Trinajstić information content (AvgIpc) is 3.65. The number of nitriles is 1. The van der Waals surface area contributed by atoms with Gasteiger partial charge in [0.1, 0.15) is 17.3 Å². The van der Waals surface area contributed by atoms with Crippen molar-refractivity contribution in [2.75, 3.05) is 0 Å². The Bertz CT molecular complexity index is 2710. The van der Waals surface area contributed by atoms with Crippen LogP contribution in [0.2, 0.25) is 0 Å². The van der Waals surface area contributed by atoms with Crippen LogP contribution in [0.15, 0.2) is 108 Å². The molecule has 0 N–H and O–H groups in total. The van der Waals surface area contributed by atoms with Gasteiger partial charge in [0.05, 0.1) is 22.3 Å². The van der Waals surface area contributed by atoms with Crippen molar-refractivity contribution in [1.82, 2.24) is 9.55 Å². The molecule has 3 heterocycles. The molecule has 4 nitrogen and oxygen atoms in total. The zero-order valence-electron chi connectivity index (χ0n) is 32.6. The number of rotatable bonds is 3. The molecule has 8 rings (SSSR count). The Balaban J connectivity index is 1.48. The van der Waals surface area contributed by atoms with Gasteiger partial charge in [-0.1, -0.05) is 111 Å². The summed E-state index contributed by atoms with van der Waals surface area (Å²) in [6.07, 6.45) is 1.97. The van der Waals surface area contributed by atoms with Gasteiger partial charge >= 0.3 is 0 Å². The molecule has 0 fully saturated rings. The molecule has 0 saturated heterocycles. The Morgan fingerprint density at radius 3 is 1.79 bits per heavy atom. The van der Waals surface area contributed by atoms with Gasteiger partial charge in [-0.05, 0) is 99.5 Å². The van der Waals surface area contributed by atoms with E-state index in [0.717, 1.165) is 61.0 Å². The first kappa shape index (κ1) is 34.4. The zero-order chi connectivity index (χ0) is 37.6. The summed E-state index contributed by atoms with van der Waals surface area (Å²) in [5.74, 6) is 0. The van der Waals surface area contributed by atoms with Crippen molar-refractivity contribution in [3.05, 3.63) is 131 Å². The van der Waals surface area contributed by atoms with E-state index in [1.807, 2.05) is 18.3 Å². The van der Waals surface area contributed by atoms with Gasteiger partial charge in [-0.2, -0.15) is 5.26 Å². The topological polar surface area (TPSA) is 54.8 Å². The number of aromatic nitrogens is 2. The third-order valence-electron chi connectivity index (χ3n) is 10.9. The van der Waals surface area contributed by atoms with Gasteiger partial charge in [0.2, 0.25) is 0 Å². The lowest BCUT2D eigenvalue weighted by Gasteiger charge is -2.21. The quantitative estimate of drug-likeness (QED) is 0.185. The van der Waals surface area contributed by atoms with E-state index < -0.39 is 0 Å². The second kappa shape index (κ2) is 11.9. The molecule has 8 aromatic rings. The van der Waals surface area contributed by atoms with Gasteiger partial charge in [-0.15, -0.1) is 0 Å². The van der Waals surface area contributed by atoms with Crippen LogP contribution in [0.25, 0.3) is 71.8 Å². The Labute approximate surface area is 312 Å². The molecule has 0 atom stereocenters. The molecule has 0 bridgehead atoms. The van der Waals surface area contributed by atoms with E-state index in [2.05, 4.69) is 165 Å². The summed E-state index contributed by atoms with van der Waals surface area (Å²) in [4.78, 5) is 5.02. The summed E-state index contributed by atoms with van der Waals surface area (Å²) in [7, 11) is 0. The first-order valence-electron chi connectivity index (χ1n) is 18.6. The van der Waals surface area contributed by atoms with Crippen molar-refractivity contribution < 1.29 is 4.42 Å². The van der Waals surface area contributed by atoms with Gasteiger partial charge in [0.25, 0.3) is 0 Å². The number of nitrogens with zero attached hydrogens (tertiary/aromatic N) is 3. The van der Waals surface area contributed by atoms with Crippen molar-refractivity contribution in [3.8, 4) is 34.1 Å². The van der Waals surface area contributed by atoms with E-state index in [1.54, 1.807) is 0 Å². The van der Waals surface area contributed by atoms with Gasteiger partial charge in [-0.3, -0.25) is 4.98 Å². The minimum atomic E-state index is -0.165. The van der Waals surface area contributed by atoms with Gasteiger partial charge in [0.15, 0.2) is 5.58 Å². The van der Waals surface area contributed by atoms with Gasteiger partial charge in [-0.25, -0.2) is 0 Å². The molecule has 0 unspecified atom stereocenters. The molecule has 0 saturated carbocycles. The van der Waals surface area contributed by atoms with Crippen LogP contribution in [-0.2, 0) is 16.2 Å². The highest BCUT2D eigenvalue weighted by Gasteiger charge is 2.28. The van der Waals surface area contributed by atoms with Crippen LogP contribution in [0.3, 0.4) is 0 Å². The summed E-state index contributed by atoms with van der Waals surface area (Å²) in [5.41, 5.74) is 13.6. The smallest absolute Gasteiger partial charge is 0.160 e. The molecule has 5 aromatic carbocycles. The van der Waals surface area contributed by atoms with E-state index in [9.17, 15) is 5.26 Å². The summed E-state index contributed by atoms with van der Waals surface area (Å²) >= 11 is 0. The maximum Gasteiger partial charge on any atom is 0.160 e. The standard InChI is InChI=1S/C49H47N3O/c1-29-24-40(51-28-38(29)30-14-12-11-13-15-30)34-20-21-39(49(8,9)10)43-35-19-16-31(27-50)44(46(35)53-45(34)43)52-41-22-17-32(47(2,3)4)25-36(41)37-26-33(48(5,6)7)18-23-42(37)52/h11-26,28H,1-10H3. The van der Waals surface area contributed by atoms with Crippen LogP contribution >= 0.6 is 0 Å². The third-order valence-corrected chi connectivity index (χ3v) is 10.9. The van der Waals surface area contributed by atoms with Gasteiger partial charge < -0.3 is 8.98 Å². The maximum absolute atomic E-state index is 10.7. The van der Waals surface area contributed by atoms with Crippen LogP contribution in [0.5, 0.6) is 0 Å². The lowest BCUT2D eigenvalue weighted by atomic mass is 9.83. The molecule has 0 aliphatic carbocycles. The summed E-state index contributed by atoms with van der Waals surface area (Å²) in [6.45, 7) is 22.4. The van der Waals surface area contributed by atoms with E-state index in [-0.39, 0.29) is 16.2 Å². The fraction of sp³-hybridized carbons (Fsp3) is 0.265. The molecule has 0 aliphatic rings. The van der Waals surface area contributed by atoms with Crippen LogP contribution in [0.1, 0.15) is 90.1 Å². The van der Waals surface area contributed by atoms with Crippen molar-refractivity contribution >= 4 is 43.7 Å². The monoisotopic (exact) mass is 693 g/mol. The normalized spacial score (nSPS) is 12.7. The number of furan rings is 1. The minimum Gasteiger partial charge on any atom is -0.453 e. The number of benzene rings is 5. The summed E-state index contributed by atoms with van der Waals surface area (Å²) in [5, 5.41) is 15.1. The average molecular weight is 694 g/mol. The highest BCUT2D eigenvalue weighted by molar-refractivity contribution is 6.16. The van der Waals surface area contributed by atoms with Crippen molar-refractivity contribution in [1.29, 1.82) is 5.26 Å². The van der Waals surface area contributed by atoms with Crippen molar-refractivity contribution in [3.63, 3.8) is 0 Å².